The summed E-state index contributed by atoms with van der Waals surface area (Å²) in [5.74, 6) is 0.818. The smallest absolute Gasteiger partial charge is 0.276 e. The molecule has 138 valence electrons. The molecule has 0 saturated heterocycles. The van der Waals surface area contributed by atoms with E-state index in [2.05, 4.69) is 4.98 Å². The first-order valence-electron chi connectivity index (χ1n) is 8.60. The minimum absolute atomic E-state index is 0.0975. The third kappa shape index (κ3) is 3.63. The normalized spacial score (nSPS) is 11.2. The Labute approximate surface area is 165 Å². The van der Waals surface area contributed by atoms with Crippen LogP contribution in [0.4, 0.5) is 5.69 Å². The Bertz CT molecular complexity index is 1180. The number of ether oxygens (including phenoxy) is 1. The molecule has 4 aromatic rings. The van der Waals surface area contributed by atoms with Crippen molar-refractivity contribution in [1.29, 1.82) is 0 Å². The zero-order valence-electron chi connectivity index (χ0n) is 15.0. The molecule has 0 aliphatic rings. The Morgan fingerprint density at radius 3 is 2.57 bits per heavy atom. The molecule has 0 radical (unpaired) electrons. The van der Waals surface area contributed by atoms with Crippen molar-refractivity contribution in [2.24, 2.45) is 0 Å². The summed E-state index contributed by atoms with van der Waals surface area (Å²) in [6, 6.07) is 20.5. The van der Waals surface area contributed by atoms with E-state index in [4.69, 9.17) is 4.74 Å². The van der Waals surface area contributed by atoms with Crippen molar-refractivity contribution in [2.75, 3.05) is 7.11 Å². The van der Waals surface area contributed by atoms with E-state index in [1.54, 1.807) is 42.7 Å². The Morgan fingerprint density at radius 1 is 1.04 bits per heavy atom. The van der Waals surface area contributed by atoms with Crippen LogP contribution in [0.25, 0.3) is 32.9 Å². The highest BCUT2D eigenvalue weighted by atomic mass is 32.1. The summed E-state index contributed by atoms with van der Waals surface area (Å²) in [4.78, 5) is 15.4. The number of fused-ring (bicyclic) bond motifs is 1. The quantitative estimate of drug-likeness (QED) is 0.237. The number of benzene rings is 3. The Balaban J connectivity index is 1.58. The predicted molar refractivity (Wildman–Crippen MR) is 114 cm³/mol. The van der Waals surface area contributed by atoms with E-state index in [-0.39, 0.29) is 10.6 Å². The molecule has 0 N–H and O–H groups in total. The van der Waals surface area contributed by atoms with Crippen LogP contribution in [0.15, 0.2) is 66.7 Å². The Morgan fingerprint density at radius 2 is 1.82 bits per heavy atom. The number of para-hydroxylation sites is 1. The molecule has 0 amide bonds. The molecule has 0 unspecified atom stereocenters. The molecule has 28 heavy (non-hydrogen) atoms. The number of thiazole rings is 1. The Kier molecular flexibility index (Phi) is 4.87. The van der Waals surface area contributed by atoms with Gasteiger partial charge in [-0.25, -0.2) is 4.98 Å². The first-order chi connectivity index (χ1) is 13.6. The van der Waals surface area contributed by atoms with E-state index in [9.17, 15) is 10.1 Å². The minimum Gasteiger partial charge on any atom is -0.497 e. The lowest BCUT2D eigenvalue weighted by atomic mass is 10.1. The molecule has 0 aliphatic carbocycles. The minimum atomic E-state index is -0.370. The second-order valence-corrected chi connectivity index (χ2v) is 7.15. The summed E-state index contributed by atoms with van der Waals surface area (Å²) in [6.07, 6.45) is 3.63. The number of aromatic nitrogens is 1. The van der Waals surface area contributed by atoms with Crippen LogP contribution in [0.3, 0.4) is 0 Å². The number of nitro groups is 1. The lowest BCUT2D eigenvalue weighted by Crippen LogP contribution is -1.90. The van der Waals surface area contributed by atoms with Crippen LogP contribution in [0.5, 0.6) is 5.75 Å². The first-order valence-corrected chi connectivity index (χ1v) is 9.42. The molecule has 0 spiro atoms. The second-order valence-electron chi connectivity index (χ2n) is 6.12. The number of nitro benzene ring substituents is 1. The zero-order chi connectivity index (χ0) is 19.5. The van der Waals surface area contributed by atoms with Gasteiger partial charge in [0.05, 0.1) is 27.8 Å². The third-order valence-corrected chi connectivity index (χ3v) is 5.41. The second kappa shape index (κ2) is 7.62. The van der Waals surface area contributed by atoms with Crippen molar-refractivity contribution in [3.05, 3.63) is 88.0 Å². The van der Waals surface area contributed by atoms with Crippen LogP contribution in [-0.2, 0) is 0 Å². The van der Waals surface area contributed by atoms with E-state index in [0.717, 1.165) is 32.1 Å². The van der Waals surface area contributed by atoms with E-state index >= 15 is 0 Å². The van der Waals surface area contributed by atoms with Gasteiger partial charge in [-0.15, -0.1) is 11.3 Å². The SMILES string of the molecule is COc1ccc2nc(-c3ccc(C=Cc4ccccc4[N+](=O)[O-])cc3)sc2c1. The van der Waals surface area contributed by atoms with Gasteiger partial charge in [-0.3, -0.25) is 10.1 Å². The van der Waals surface area contributed by atoms with Crippen LogP contribution >= 0.6 is 11.3 Å². The summed E-state index contributed by atoms with van der Waals surface area (Å²) in [5, 5.41) is 12.0. The lowest BCUT2D eigenvalue weighted by molar-refractivity contribution is -0.385. The van der Waals surface area contributed by atoms with E-state index in [0.29, 0.717) is 5.56 Å². The molecular formula is C22H16N2O3S. The van der Waals surface area contributed by atoms with Crippen molar-refractivity contribution in [3.8, 4) is 16.3 Å². The van der Waals surface area contributed by atoms with Gasteiger partial charge in [0.2, 0.25) is 0 Å². The topological polar surface area (TPSA) is 65.3 Å². The largest absolute Gasteiger partial charge is 0.497 e. The van der Waals surface area contributed by atoms with Crippen LogP contribution < -0.4 is 4.74 Å². The molecule has 0 saturated carbocycles. The van der Waals surface area contributed by atoms with Crippen LogP contribution in [0.2, 0.25) is 0 Å². The Hall–Kier alpha value is -3.51. The summed E-state index contributed by atoms with van der Waals surface area (Å²) in [5.41, 5.74) is 3.62. The maximum absolute atomic E-state index is 11.1. The van der Waals surface area contributed by atoms with E-state index < -0.39 is 0 Å². The fourth-order valence-corrected chi connectivity index (χ4v) is 3.87. The average Bonchev–Trinajstić information content (AvgIpc) is 3.16. The molecule has 6 heteroatoms. The fourth-order valence-electron chi connectivity index (χ4n) is 2.87. The van der Waals surface area contributed by atoms with E-state index in [1.165, 1.54) is 6.07 Å². The van der Waals surface area contributed by atoms with Gasteiger partial charge in [0.25, 0.3) is 5.69 Å². The maximum atomic E-state index is 11.1. The maximum Gasteiger partial charge on any atom is 0.276 e. The molecule has 1 heterocycles. The number of nitrogens with zero attached hydrogens (tertiary/aromatic N) is 2. The van der Waals surface area contributed by atoms with Gasteiger partial charge >= 0.3 is 0 Å². The molecule has 4 rings (SSSR count). The molecule has 3 aromatic carbocycles. The summed E-state index contributed by atoms with van der Waals surface area (Å²) >= 11 is 1.62. The van der Waals surface area contributed by atoms with Crippen LogP contribution in [-0.4, -0.2) is 17.0 Å². The summed E-state index contributed by atoms with van der Waals surface area (Å²) in [7, 11) is 1.65. The van der Waals surface area contributed by atoms with Crippen LogP contribution in [0.1, 0.15) is 11.1 Å². The van der Waals surface area contributed by atoms with Gasteiger partial charge < -0.3 is 4.74 Å². The monoisotopic (exact) mass is 388 g/mol. The number of hydrogen-bond acceptors (Lipinski definition) is 5. The fraction of sp³-hybridized carbons (Fsp3) is 0.0455. The molecule has 1 aromatic heterocycles. The molecule has 0 aliphatic heterocycles. The van der Waals surface area contributed by atoms with Gasteiger partial charge in [-0.1, -0.05) is 42.5 Å². The van der Waals surface area contributed by atoms with Gasteiger partial charge in [0.1, 0.15) is 10.8 Å². The van der Waals surface area contributed by atoms with Crippen LogP contribution in [0, 0.1) is 10.1 Å². The number of rotatable bonds is 5. The highest BCUT2D eigenvalue weighted by Gasteiger charge is 2.10. The van der Waals surface area contributed by atoms with Gasteiger partial charge in [-0.05, 0) is 35.9 Å². The van der Waals surface area contributed by atoms with Crippen molar-refractivity contribution in [1.82, 2.24) is 4.98 Å². The number of hydrogen-bond donors (Lipinski definition) is 0. The van der Waals surface area contributed by atoms with Crippen molar-refractivity contribution >= 4 is 39.4 Å². The van der Waals surface area contributed by atoms with Gasteiger partial charge in [0.15, 0.2) is 0 Å². The number of methoxy groups -OCH3 is 1. The molecule has 0 bridgehead atoms. The van der Waals surface area contributed by atoms with Gasteiger partial charge in [0, 0.05) is 11.6 Å². The van der Waals surface area contributed by atoms with Crippen molar-refractivity contribution in [3.63, 3.8) is 0 Å². The lowest BCUT2D eigenvalue weighted by Gasteiger charge is -1.99. The molecule has 0 atom stereocenters. The van der Waals surface area contributed by atoms with Crippen molar-refractivity contribution in [2.45, 2.75) is 0 Å². The summed E-state index contributed by atoms with van der Waals surface area (Å²) < 4.78 is 6.35. The highest BCUT2D eigenvalue weighted by Crippen LogP contribution is 2.32. The standard InChI is InChI=1S/C22H16N2O3S/c1-27-18-12-13-19-21(14-18)28-22(23-19)17-10-7-15(8-11-17)6-9-16-4-2-3-5-20(16)24(25)26/h2-14H,1H3. The van der Waals surface area contributed by atoms with E-state index in [1.807, 2.05) is 48.5 Å². The third-order valence-electron chi connectivity index (χ3n) is 4.34. The average molecular weight is 388 g/mol. The highest BCUT2D eigenvalue weighted by molar-refractivity contribution is 7.21. The molecule has 5 nitrogen and oxygen atoms in total. The van der Waals surface area contributed by atoms with Crippen molar-refractivity contribution < 1.29 is 9.66 Å². The molecule has 0 fully saturated rings. The summed E-state index contributed by atoms with van der Waals surface area (Å²) in [6.45, 7) is 0. The first kappa shape index (κ1) is 17.9. The molecular weight excluding hydrogens is 372 g/mol. The predicted octanol–water partition coefficient (Wildman–Crippen LogP) is 6.05. The zero-order valence-corrected chi connectivity index (χ0v) is 15.8. The van der Waals surface area contributed by atoms with Gasteiger partial charge in [-0.2, -0.15) is 0 Å².